The normalized spacial score (nSPS) is 17.0. The third-order valence-corrected chi connectivity index (χ3v) is 4.61. The third kappa shape index (κ3) is 2.82. The van der Waals surface area contributed by atoms with Crippen molar-refractivity contribution in [3.8, 4) is 11.5 Å². The van der Waals surface area contributed by atoms with Gasteiger partial charge in [-0.2, -0.15) is 5.10 Å². The van der Waals surface area contributed by atoms with E-state index in [4.69, 9.17) is 0 Å². The fourth-order valence-electron chi connectivity index (χ4n) is 3.27. The summed E-state index contributed by atoms with van der Waals surface area (Å²) in [4.78, 5) is 14.7. The van der Waals surface area contributed by atoms with Crippen LogP contribution in [0.25, 0.3) is 11.5 Å². The second kappa shape index (κ2) is 6.16. The Morgan fingerprint density at radius 3 is 2.68 bits per heavy atom. The van der Waals surface area contributed by atoms with E-state index in [2.05, 4.69) is 27.4 Å². The molecule has 1 aliphatic heterocycles. The number of carbonyl (C=O) groups excluding carboxylic acids is 1. The van der Waals surface area contributed by atoms with Gasteiger partial charge in [0.1, 0.15) is 11.7 Å². The summed E-state index contributed by atoms with van der Waals surface area (Å²) >= 11 is 0. The van der Waals surface area contributed by atoms with Gasteiger partial charge in [-0.3, -0.25) is 14.0 Å². The highest BCUT2D eigenvalue weighted by Crippen LogP contribution is 2.27. The Morgan fingerprint density at radius 1 is 1.16 bits per heavy atom. The fourth-order valence-corrected chi connectivity index (χ4v) is 3.27. The van der Waals surface area contributed by atoms with Crippen molar-refractivity contribution in [2.24, 2.45) is 7.05 Å². The first kappa shape index (κ1) is 15.6. The molecule has 0 aliphatic carbocycles. The number of aromatic nitrogens is 5. The number of aryl methyl sites for hydroxylation is 1. The maximum absolute atomic E-state index is 12.8. The van der Waals surface area contributed by atoms with Crippen LogP contribution >= 0.6 is 0 Å². The summed E-state index contributed by atoms with van der Waals surface area (Å²) in [6.45, 7) is 3.06. The standard InChI is InChI=1S/C18H20N6O/c1-13-18(25)23(11-8-14-6-4-3-5-7-14)12-16-19-20-17(24(13)16)15-9-10-22(2)21-15/h3-7,9-10,13H,8,11-12H2,1-2H3/t13-/m0/s1. The molecule has 128 valence electrons. The first-order chi connectivity index (χ1) is 12.1. The molecule has 7 heteroatoms. The average molecular weight is 336 g/mol. The Labute approximate surface area is 145 Å². The van der Waals surface area contributed by atoms with Crippen LogP contribution in [0.15, 0.2) is 42.6 Å². The van der Waals surface area contributed by atoms with Crippen LogP contribution < -0.4 is 0 Å². The third-order valence-electron chi connectivity index (χ3n) is 4.61. The molecule has 7 nitrogen and oxygen atoms in total. The van der Waals surface area contributed by atoms with E-state index in [9.17, 15) is 4.79 Å². The van der Waals surface area contributed by atoms with Crippen LogP contribution in [0.2, 0.25) is 0 Å². The molecule has 2 aromatic heterocycles. The molecule has 0 fully saturated rings. The zero-order chi connectivity index (χ0) is 17.4. The minimum absolute atomic E-state index is 0.0976. The number of rotatable bonds is 4. The summed E-state index contributed by atoms with van der Waals surface area (Å²) in [6.07, 6.45) is 2.69. The monoisotopic (exact) mass is 336 g/mol. The van der Waals surface area contributed by atoms with Crippen molar-refractivity contribution in [2.75, 3.05) is 6.54 Å². The van der Waals surface area contributed by atoms with Crippen LogP contribution in [0.5, 0.6) is 0 Å². The maximum atomic E-state index is 12.8. The fraction of sp³-hybridized carbons (Fsp3) is 0.333. The molecular weight excluding hydrogens is 316 g/mol. The summed E-state index contributed by atoms with van der Waals surface area (Å²) in [5.41, 5.74) is 1.96. The Hall–Kier alpha value is -2.96. The van der Waals surface area contributed by atoms with Gasteiger partial charge in [0.25, 0.3) is 0 Å². The van der Waals surface area contributed by atoms with E-state index >= 15 is 0 Å². The molecule has 0 radical (unpaired) electrons. The molecule has 0 spiro atoms. The van der Waals surface area contributed by atoms with Crippen LogP contribution in [0, 0.1) is 0 Å². The lowest BCUT2D eigenvalue weighted by Crippen LogP contribution is -2.42. The number of hydrogen-bond donors (Lipinski definition) is 0. The van der Waals surface area contributed by atoms with E-state index in [0.717, 1.165) is 17.9 Å². The van der Waals surface area contributed by atoms with Crippen LogP contribution in [0.4, 0.5) is 0 Å². The van der Waals surface area contributed by atoms with Crippen molar-refractivity contribution in [3.63, 3.8) is 0 Å². The predicted octanol–water partition coefficient (Wildman–Crippen LogP) is 1.82. The predicted molar refractivity (Wildman–Crippen MR) is 92.5 cm³/mol. The smallest absolute Gasteiger partial charge is 0.245 e. The van der Waals surface area contributed by atoms with E-state index in [1.165, 1.54) is 5.56 Å². The van der Waals surface area contributed by atoms with Gasteiger partial charge in [-0.25, -0.2) is 0 Å². The van der Waals surface area contributed by atoms with E-state index in [1.54, 1.807) is 4.68 Å². The van der Waals surface area contributed by atoms with E-state index in [-0.39, 0.29) is 11.9 Å². The summed E-state index contributed by atoms with van der Waals surface area (Å²) in [5, 5.41) is 13.0. The van der Waals surface area contributed by atoms with E-state index in [1.807, 2.05) is 53.9 Å². The van der Waals surface area contributed by atoms with E-state index < -0.39 is 0 Å². The lowest BCUT2D eigenvalue weighted by Gasteiger charge is -2.32. The first-order valence-corrected chi connectivity index (χ1v) is 8.40. The highest BCUT2D eigenvalue weighted by atomic mass is 16.2. The second-order valence-electron chi connectivity index (χ2n) is 6.36. The summed E-state index contributed by atoms with van der Waals surface area (Å²) in [6, 6.07) is 11.8. The topological polar surface area (TPSA) is 68.8 Å². The number of nitrogens with zero attached hydrogens (tertiary/aromatic N) is 6. The van der Waals surface area contributed by atoms with Gasteiger partial charge in [0.2, 0.25) is 5.91 Å². The van der Waals surface area contributed by atoms with E-state index in [0.29, 0.717) is 18.9 Å². The van der Waals surface area contributed by atoms with Gasteiger partial charge in [0, 0.05) is 19.8 Å². The number of amides is 1. The van der Waals surface area contributed by atoms with Crippen LogP contribution in [0.3, 0.4) is 0 Å². The van der Waals surface area contributed by atoms with Crippen LogP contribution in [-0.2, 0) is 24.8 Å². The number of hydrogen-bond acceptors (Lipinski definition) is 4. The van der Waals surface area contributed by atoms with Gasteiger partial charge >= 0.3 is 0 Å². The second-order valence-corrected chi connectivity index (χ2v) is 6.36. The number of fused-ring (bicyclic) bond motifs is 1. The molecule has 0 saturated carbocycles. The van der Waals surface area contributed by atoms with Crippen molar-refractivity contribution in [1.82, 2.24) is 29.4 Å². The molecule has 3 aromatic rings. The Morgan fingerprint density at radius 2 is 1.96 bits per heavy atom. The Bertz CT molecular complexity index is 897. The van der Waals surface area contributed by atoms with Crippen molar-refractivity contribution in [3.05, 3.63) is 54.0 Å². The van der Waals surface area contributed by atoms with Crippen molar-refractivity contribution < 1.29 is 4.79 Å². The zero-order valence-electron chi connectivity index (χ0n) is 14.3. The Kier molecular flexibility index (Phi) is 3.83. The maximum Gasteiger partial charge on any atom is 0.245 e. The number of benzene rings is 1. The molecule has 1 aromatic carbocycles. The lowest BCUT2D eigenvalue weighted by molar-refractivity contribution is -0.136. The first-order valence-electron chi connectivity index (χ1n) is 8.40. The molecular formula is C18H20N6O. The van der Waals surface area contributed by atoms with Gasteiger partial charge in [-0.15, -0.1) is 10.2 Å². The molecule has 0 saturated heterocycles. The largest absolute Gasteiger partial charge is 0.333 e. The summed E-state index contributed by atoms with van der Waals surface area (Å²) in [5.74, 6) is 1.56. The summed E-state index contributed by atoms with van der Waals surface area (Å²) < 4.78 is 3.63. The molecule has 4 rings (SSSR count). The summed E-state index contributed by atoms with van der Waals surface area (Å²) in [7, 11) is 1.86. The lowest BCUT2D eigenvalue weighted by atomic mass is 10.1. The van der Waals surface area contributed by atoms with Gasteiger partial charge in [-0.1, -0.05) is 30.3 Å². The molecule has 0 N–H and O–H groups in total. The zero-order valence-corrected chi connectivity index (χ0v) is 14.3. The minimum Gasteiger partial charge on any atom is -0.333 e. The van der Waals surface area contributed by atoms with Gasteiger partial charge in [-0.05, 0) is 25.0 Å². The van der Waals surface area contributed by atoms with Crippen LogP contribution in [0.1, 0.15) is 24.4 Å². The highest BCUT2D eigenvalue weighted by molar-refractivity contribution is 5.81. The van der Waals surface area contributed by atoms with Gasteiger partial charge < -0.3 is 4.90 Å². The molecule has 0 bridgehead atoms. The van der Waals surface area contributed by atoms with Crippen molar-refractivity contribution in [2.45, 2.75) is 25.9 Å². The van der Waals surface area contributed by atoms with Gasteiger partial charge in [0.05, 0.1) is 6.54 Å². The minimum atomic E-state index is -0.327. The number of carbonyl (C=O) groups is 1. The van der Waals surface area contributed by atoms with Crippen molar-refractivity contribution in [1.29, 1.82) is 0 Å². The van der Waals surface area contributed by atoms with Crippen LogP contribution in [-0.4, -0.2) is 41.9 Å². The molecule has 25 heavy (non-hydrogen) atoms. The molecule has 1 amide bonds. The molecule has 3 heterocycles. The highest BCUT2D eigenvalue weighted by Gasteiger charge is 2.33. The molecule has 1 aliphatic rings. The molecule has 0 unspecified atom stereocenters. The van der Waals surface area contributed by atoms with Crippen molar-refractivity contribution >= 4 is 5.91 Å². The SMILES string of the molecule is C[C@H]1C(=O)N(CCc2ccccc2)Cc2nnc(-c3ccn(C)n3)n21. The molecule has 1 atom stereocenters. The van der Waals surface area contributed by atoms with Gasteiger partial charge in [0.15, 0.2) is 11.6 Å². The Balaban J connectivity index is 1.57. The quantitative estimate of drug-likeness (QED) is 0.729. The average Bonchev–Trinajstić information content (AvgIpc) is 3.23.